The molecule has 28 heavy (non-hydrogen) atoms. The molecule has 0 aliphatic carbocycles. The predicted molar refractivity (Wildman–Crippen MR) is 88.3 cm³/mol. The maximum Gasteiger partial charge on any atom is 0.490 e. The highest BCUT2D eigenvalue weighted by Gasteiger charge is 2.38. The number of nitrogens with one attached hydrogen (secondary N) is 2. The van der Waals surface area contributed by atoms with Gasteiger partial charge in [-0.3, -0.25) is 0 Å². The average molecular weight is 400 g/mol. The largest absolute Gasteiger partial charge is 0.490 e. The summed E-state index contributed by atoms with van der Waals surface area (Å²) in [6.07, 6.45) is -1.94. The van der Waals surface area contributed by atoms with E-state index in [0.29, 0.717) is 12.4 Å². The van der Waals surface area contributed by atoms with E-state index in [1.165, 1.54) is 18.3 Å². The van der Waals surface area contributed by atoms with Crippen molar-refractivity contribution in [2.75, 3.05) is 5.32 Å². The van der Waals surface area contributed by atoms with Crippen molar-refractivity contribution < 1.29 is 37.4 Å². The molecule has 0 aliphatic rings. The first-order valence-corrected chi connectivity index (χ1v) is 7.43. The van der Waals surface area contributed by atoms with Crippen molar-refractivity contribution in [3.63, 3.8) is 0 Å². The van der Waals surface area contributed by atoms with Gasteiger partial charge in [-0.15, -0.1) is 0 Å². The summed E-state index contributed by atoms with van der Waals surface area (Å²) in [5.74, 6) is -4.13. The molecule has 3 rings (SSSR count). The number of halogens is 4. The third kappa shape index (κ3) is 5.40. The van der Waals surface area contributed by atoms with Gasteiger partial charge >= 0.3 is 18.1 Å². The number of benzene rings is 1. The highest BCUT2D eigenvalue weighted by atomic mass is 19.4. The Labute approximate surface area is 153 Å². The Morgan fingerprint density at radius 2 is 1.86 bits per heavy atom. The van der Waals surface area contributed by atoms with Crippen molar-refractivity contribution in [2.24, 2.45) is 0 Å². The molecular weight excluding hydrogens is 388 g/mol. The first kappa shape index (κ1) is 20.6. The number of aromatic amines is 1. The fourth-order valence-corrected chi connectivity index (χ4v) is 2.04. The zero-order chi connectivity index (χ0) is 20.9. The number of hydrogen-bond donors (Lipinski definition) is 4. The second-order valence-electron chi connectivity index (χ2n) is 5.23. The normalized spacial score (nSPS) is 10.9. The average Bonchev–Trinajstić information content (AvgIpc) is 3.02. The highest BCUT2D eigenvalue weighted by molar-refractivity contribution is 5.84. The van der Waals surface area contributed by atoms with Gasteiger partial charge in [0.25, 0.3) is 0 Å². The molecule has 0 saturated carbocycles. The molecule has 148 valence electrons. The Kier molecular flexibility index (Phi) is 6.13. The van der Waals surface area contributed by atoms with E-state index in [4.69, 9.17) is 15.0 Å². The van der Waals surface area contributed by atoms with Crippen molar-refractivity contribution in [2.45, 2.75) is 12.7 Å². The molecule has 2 aromatic heterocycles. The van der Waals surface area contributed by atoms with Gasteiger partial charge in [0.2, 0.25) is 5.82 Å². The molecule has 0 atom stereocenters. The van der Waals surface area contributed by atoms with Crippen LogP contribution in [0.4, 0.5) is 23.4 Å². The Morgan fingerprint density at radius 3 is 2.46 bits per heavy atom. The number of carboxylic acid groups (broad SMARTS) is 2. The fraction of sp³-hybridized carbons (Fsp3) is 0.125. The summed E-state index contributed by atoms with van der Waals surface area (Å²) >= 11 is 0. The summed E-state index contributed by atoms with van der Waals surface area (Å²) in [5.41, 5.74) is 1.70. The minimum atomic E-state index is -5.08. The van der Waals surface area contributed by atoms with Gasteiger partial charge < -0.3 is 20.5 Å². The standard InChI is InChI=1S/C14H11FN4O2.C2HF3O2/c15-9-1-2-11-10(5-9)8(6-17-11)7-18-12-3-4-16-13(19-12)14(20)21;3-2(4,5)1(6)7/h1-6,17H,7H2,(H,20,21)(H,16,18,19);(H,6,7). The molecule has 12 heteroatoms. The van der Waals surface area contributed by atoms with Crippen LogP contribution in [0, 0.1) is 5.82 Å². The summed E-state index contributed by atoms with van der Waals surface area (Å²) in [6.45, 7) is 0.388. The van der Waals surface area contributed by atoms with Crippen LogP contribution >= 0.6 is 0 Å². The lowest BCUT2D eigenvalue weighted by molar-refractivity contribution is -0.192. The third-order valence-corrected chi connectivity index (χ3v) is 3.28. The predicted octanol–water partition coefficient (Wildman–Crippen LogP) is 3.04. The molecule has 2 heterocycles. The van der Waals surface area contributed by atoms with E-state index in [0.717, 1.165) is 16.5 Å². The van der Waals surface area contributed by atoms with Gasteiger partial charge in [0, 0.05) is 29.8 Å². The van der Waals surface area contributed by atoms with Gasteiger partial charge in [-0.2, -0.15) is 13.2 Å². The van der Waals surface area contributed by atoms with E-state index < -0.39 is 18.1 Å². The van der Waals surface area contributed by atoms with Crippen molar-refractivity contribution in [3.8, 4) is 0 Å². The minimum Gasteiger partial charge on any atom is -0.475 e. The molecule has 0 bridgehead atoms. The van der Waals surface area contributed by atoms with Crippen molar-refractivity contribution >= 4 is 28.7 Å². The number of H-pyrrole nitrogens is 1. The van der Waals surface area contributed by atoms with Crippen LogP contribution in [-0.2, 0) is 11.3 Å². The van der Waals surface area contributed by atoms with Crippen LogP contribution in [0.3, 0.4) is 0 Å². The zero-order valence-corrected chi connectivity index (χ0v) is 13.8. The van der Waals surface area contributed by atoms with Crippen LogP contribution in [-0.4, -0.2) is 43.3 Å². The number of hydrogen-bond acceptors (Lipinski definition) is 5. The van der Waals surface area contributed by atoms with Gasteiger partial charge in [-0.05, 0) is 29.8 Å². The molecule has 0 amide bonds. The van der Waals surface area contributed by atoms with Gasteiger partial charge in [0.05, 0.1) is 0 Å². The summed E-state index contributed by atoms with van der Waals surface area (Å²) in [4.78, 5) is 30.2. The quantitative estimate of drug-likeness (QED) is 0.496. The summed E-state index contributed by atoms with van der Waals surface area (Å²) < 4.78 is 45.0. The summed E-state index contributed by atoms with van der Waals surface area (Å²) in [6, 6.07) is 6.08. The monoisotopic (exact) mass is 400 g/mol. The van der Waals surface area contributed by atoms with E-state index in [1.807, 2.05) is 0 Å². The van der Waals surface area contributed by atoms with Crippen LogP contribution in [0.2, 0.25) is 0 Å². The lowest BCUT2D eigenvalue weighted by Crippen LogP contribution is -2.21. The van der Waals surface area contributed by atoms with Crippen molar-refractivity contribution in [1.82, 2.24) is 15.0 Å². The molecule has 4 N–H and O–H groups in total. The van der Waals surface area contributed by atoms with E-state index in [-0.39, 0.29) is 11.6 Å². The SMILES string of the molecule is O=C(O)C(F)(F)F.O=C(O)c1nccc(NCc2c[nH]c3ccc(F)cc23)n1. The molecule has 0 unspecified atom stereocenters. The number of carbonyl (C=O) groups is 2. The first-order chi connectivity index (χ1) is 13.1. The van der Waals surface area contributed by atoms with Crippen molar-refractivity contribution in [3.05, 3.63) is 53.9 Å². The Balaban J connectivity index is 0.000000345. The molecule has 0 radical (unpaired) electrons. The number of aliphatic carboxylic acids is 1. The maximum absolute atomic E-state index is 13.3. The van der Waals surface area contributed by atoms with Gasteiger partial charge in [-0.1, -0.05) is 0 Å². The summed E-state index contributed by atoms with van der Waals surface area (Å²) in [5, 5.41) is 19.7. The second-order valence-corrected chi connectivity index (χ2v) is 5.23. The number of carboxylic acids is 2. The van der Waals surface area contributed by atoms with Gasteiger partial charge in [0.15, 0.2) is 0 Å². The zero-order valence-electron chi connectivity index (χ0n) is 13.8. The summed E-state index contributed by atoms with van der Waals surface area (Å²) in [7, 11) is 0. The van der Waals surface area contributed by atoms with Crippen LogP contribution in [0.1, 0.15) is 16.2 Å². The number of anilines is 1. The van der Waals surface area contributed by atoms with E-state index in [9.17, 15) is 22.4 Å². The molecule has 0 spiro atoms. The topological polar surface area (TPSA) is 128 Å². The number of rotatable bonds is 4. The lowest BCUT2D eigenvalue weighted by Gasteiger charge is -2.05. The van der Waals surface area contributed by atoms with Crippen LogP contribution in [0.25, 0.3) is 10.9 Å². The highest BCUT2D eigenvalue weighted by Crippen LogP contribution is 2.20. The molecule has 0 aliphatic heterocycles. The Hall–Kier alpha value is -3.70. The van der Waals surface area contributed by atoms with Crippen LogP contribution in [0.15, 0.2) is 36.7 Å². The lowest BCUT2D eigenvalue weighted by atomic mass is 10.1. The number of alkyl halides is 3. The molecule has 1 aromatic carbocycles. The first-order valence-electron chi connectivity index (χ1n) is 7.43. The van der Waals surface area contributed by atoms with E-state index in [2.05, 4.69) is 20.3 Å². The van der Waals surface area contributed by atoms with Crippen LogP contribution < -0.4 is 5.32 Å². The van der Waals surface area contributed by atoms with E-state index >= 15 is 0 Å². The number of nitrogens with zero attached hydrogens (tertiary/aromatic N) is 2. The van der Waals surface area contributed by atoms with Gasteiger partial charge in [-0.25, -0.2) is 23.9 Å². The molecule has 0 saturated heterocycles. The van der Waals surface area contributed by atoms with Crippen molar-refractivity contribution in [1.29, 1.82) is 0 Å². The Bertz CT molecular complexity index is 1000. The number of aromatic carboxylic acids is 1. The smallest absolute Gasteiger partial charge is 0.475 e. The molecule has 3 aromatic rings. The van der Waals surface area contributed by atoms with Crippen LogP contribution in [0.5, 0.6) is 0 Å². The number of fused-ring (bicyclic) bond motifs is 1. The fourth-order valence-electron chi connectivity index (χ4n) is 2.04. The maximum atomic E-state index is 13.3. The molecule has 8 nitrogen and oxygen atoms in total. The second kappa shape index (κ2) is 8.33. The molecular formula is C16H12F4N4O4. The van der Waals surface area contributed by atoms with Gasteiger partial charge in [0.1, 0.15) is 11.6 Å². The third-order valence-electron chi connectivity index (χ3n) is 3.28. The number of aromatic nitrogens is 3. The Morgan fingerprint density at radius 1 is 1.18 bits per heavy atom. The van der Waals surface area contributed by atoms with E-state index in [1.54, 1.807) is 18.3 Å². The minimum absolute atomic E-state index is 0.273. The molecule has 0 fully saturated rings.